The summed E-state index contributed by atoms with van der Waals surface area (Å²) in [5.74, 6) is -0.538. The Morgan fingerprint density at radius 2 is 1.86 bits per heavy atom. The van der Waals surface area contributed by atoms with E-state index in [4.69, 9.17) is 14.2 Å². The van der Waals surface area contributed by atoms with E-state index >= 15 is 0 Å². The van der Waals surface area contributed by atoms with Crippen molar-refractivity contribution < 1.29 is 33.8 Å². The van der Waals surface area contributed by atoms with Gasteiger partial charge in [0, 0.05) is 12.1 Å². The number of hydrogen-bond donors (Lipinski definition) is 2. The molecule has 190 valence electrons. The molecule has 1 fully saturated rings. The molecule has 10 nitrogen and oxygen atoms in total. The molecule has 1 aromatic rings. The van der Waals surface area contributed by atoms with Crippen LogP contribution in [0, 0.1) is 22.0 Å². The highest BCUT2D eigenvalue weighted by Gasteiger charge is 2.43. The first-order valence-corrected chi connectivity index (χ1v) is 11.7. The van der Waals surface area contributed by atoms with Crippen molar-refractivity contribution in [3.63, 3.8) is 0 Å². The van der Waals surface area contributed by atoms with Gasteiger partial charge >= 0.3 is 12.3 Å². The number of nitro groups is 1. The molecule has 0 amide bonds. The number of nitrogens with one attached hydrogen (secondary N) is 1. The molecule has 3 rings (SSSR count). The number of ether oxygens (including phenoxy) is 3. The molecule has 3 unspecified atom stereocenters. The second-order valence-electron chi connectivity index (χ2n) is 9.63. The number of non-ortho nitro benzene ring substituents is 1. The summed E-state index contributed by atoms with van der Waals surface area (Å²) in [4.78, 5) is 35.4. The number of carboxylic acid groups (broad SMARTS) is 1. The molecule has 0 radical (unpaired) electrons. The van der Waals surface area contributed by atoms with Crippen molar-refractivity contribution in [1.29, 1.82) is 0 Å². The molecule has 1 aliphatic heterocycles. The fraction of sp³-hybridized carbons (Fsp3) is 0.520. The number of nitro benzene ring substituents is 1. The molecular formula is C25H32N2O8. The molecule has 0 saturated heterocycles. The van der Waals surface area contributed by atoms with Crippen molar-refractivity contribution in [3.8, 4) is 0 Å². The summed E-state index contributed by atoms with van der Waals surface area (Å²) in [6, 6.07) is 5.68. The molecule has 0 spiro atoms. The van der Waals surface area contributed by atoms with Gasteiger partial charge in [-0.05, 0) is 50.5 Å². The van der Waals surface area contributed by atoms with Gasteiger partial charge in [0.2, 0.25) is 0 Å². The van der Waals surface area contributed by atoms with E-state index in [1.165, 1.54) is 18.2 Å². The lowest BCUT2D eigenvalue weighted by atomic mass is 9.73. The zero-order valence-electron chi connectivity index (χ0n) is 20.6. The minimum Gasteiger partial charge on any atom is -0.449 e. The van der Waals surface area contributed by atoms with Crippen molar-refractivity contribution in [2.24, 2.45) is 11.8 Å². The molecule has 2 N–H and O–H groups in total. The van der Waals surface area contributed by atoms with Gasteiger partial charge in [-0.25, -0.2) is 9.59 Å². The van der Waals surface area contributed by atoms with Crippen molar-refractivity contribution >= 4 is 18.0 Å². The van der Waals surface area contributed by atoms with Gasteiger partial charge in [0.25, 0.3) is 5.69 Å². The number of allylic oxidation sites excluding steroid dienone is 2. The molecule has 1 saturated carbocycles. The first-order chi connectivity index (χ1) is 16.4. The molecule has 1 heterocycles. The van der Waals surface area contributed by atoms with E-state index in [1.54, 1.807) is 19.9 Å². The van der Waals surface area contributed by atoms with Crippen LogP contribution in [0.25, 0.3) is 0 Å². The van der Waals surface area contributed by atoms with Gasteiger partial charge in [-0.3, -0.25) is 10.1 Å². The van der Waals surface area contributed by atoms with E-state index in [1.807, 2.05) is 13.8 Å². The second kappa shape index (κ2) is 10.4. The number of carbonyl (C=O) groups is 2. The van der Waals surface area contributed by atoms with Crippen LogP contribution in [0.15, 0.2) is 47.2 Å². The zero-order valence-corrected chi connectivity index (χ0v) is 20.6. The Kier molecular flexibility index (Phi) is 7.72. The van der Waals surface area contributed by atoms with Gasteiger partial charge in [0.1, 0.15) is 23.0 Å². The van der Waals surface area contributed by atoms with Gasteiger partial charge in [-0.15, -0.1) is 0 Å². The lowest BCUT2D eigenvalue weighted by molar-refractivity contribution is -0.384. The van der Waals surface area contributed by atoms with E-state index in [0.717, 1.165) is 25.7 Å². The van der Waals surface area contributed by atoms with E-state index < -0.39 is 28.8 Å². The first kappa shape index (κ1) is 26.1. The number of dihydropyridines is 1. The van der Waals surface area contributed by atoms with Crippen LogP contribution in [0.1, 0.15) is 71.8 Å². The molecule has 1 aromatic carbocycles. The third kappa shape index (κ3) is 5.75. The molecule has 0 bridgehead atoms. The van der Waals surface area contributed by atoms with Gasteiger partial charge in [-0.1, -0.05) is 39.3 Å². The minimum absolute atomic E-state index is 0.0451. The summed E-state index contributed by atoms with van der Waals surface area (Å²) in [6.07, 6.45) is 0.972. The fourth-order valence-corrected chi connectivity index (χ4v) is 5.00. The number of rotatable bonds is 6. The summed E-state index contributed by atoms with van der Waals surface area (Å²) in [6.45, 7) is 9.42. The van der Waals surface area contributed by atoms with Crippen LogP contribution in [-0.2, 0) is 14.2 Å². The molecule has 1 aliphatic carbocycles. The molecule has 10 heteroatoms. The first-order valence-electron chi connectivity index (χ1n) is 11.7. The van der Waals surface area contributed by atoms with E-state index in [2.05, 4.69) is 12.2 Å². The summed E-state index contributed by atoms with van der Waals surface area (Å²) >= 11 is 0. The Balaban J connectivity index is 1.98. The Labute approximate surface area is 204 Å². The molecule has 3 atom stereocenters. The van der Waals surface area contributed by atoms with Gasteiger partial charge in [0.05, 0.1) is 16.3 Å². The lowest BCUT2D eigenvalue weighted by Gasteiger charge is -2.42. The Bertz CT molecular complexity index is 1080. The second-order valence-corrected chi connectivity index (χ2v) is 9.63. The number of nitrogens with zero attached hydrogens (tertiary/aromatic N) is 1. The topological polar surface area (TPSA) is 137 Å². The summed E-state index contributed by atoms with van der Waals surface area (Å²) < 4.78 is 16.7. The predicted octanol–water partition coefficient (Wildman–Crippen LogP) is 6.20. The maximum absolute atomic E-state index is 13.1. The van der Waals surface area contributed by atoms with Crippen LogP contribution in [0.4, 0.5) is 15.3 Å². The third-order valence-corrected chi connectivity index (χ3v) is 6.77. The Hall–Kier alpha value is -3.56. The van der Waals surface area contributed by atoms with Crippen LogP contribution >= 0.6 is 0 Å². The number of carbonyl (C=O) groups excluding carboxylic acids is 1. The SMILES string of the molecule is CC1=C(OC(=O)O)C(c2cccc([N+](=O)[O-])c2)C(OC(=O)OC2(C(C)C)CCCC(C)C2)=C(C)N1. The average Bonchev–Trinajstić information content (AvgIpc) is 2.76. The average molecular weight is 489 g/mol. The lowest BCUT2D eigenvalue weighted by Crippen LogP contribution is -2.44. The zero-order chi connectivity index (χ0) is 25.9. The van der Waals surface area contributed by atoms with Crippen LogP contribution in [0.5, 0.6) is 0 Å². The fourth-order valence-electron chi connectivity index (χ4n) is 5.00. The molecule has 0 aromatic heterocycles. The van der Waals surface area contributed by atoms with Gasteiger partial charge < -0.3 is 24.6 Å². The monoisotopic (exact) mass is 488 g/mol. The maximum Gasteiger partial charge on any atom is 0.514 e. The highest BCUT2D eigenvalue weighted by molar-refractivity contribution is 5.65. The highest BCUT2D eigenvalue weighted by atomic mass is 16.7. The maximum atomic E-state index is 13.1. The predicted molar refractivity (Wildman–Crippen MR) is 126 cm³/mol. The van der Waals surface area contributed by atoms with Crippen LogP contribution < -0.4 is 5.32 Å². The molecule has 35 heavy (non-hydrogen) atoms. The van der Waals surface area contributed by atoms with Crippen molar-refractivity contribution in [2.75, 3.05) is 0 Å². The van der Waals surface area contributed by atoms with E-state index in [0.29, 0.717) is 22.9 Å². The summed E-state index contributed by atoms with van der Waals surface area (Å²) in [5, 5.41) is 23.7. The van der Waals surface area contributed by atoms with Crippen molar-refractivity contribution in [1.82, 2.24) is 5.32 Å². The van der Waals surface area contributed by atoms with Crippen LogP contribution in [-0.4, -0.2) is 27.9 Å². The summed E-state index contributed by atoms with van der Waals surface area (Å²) in [7, 11) is 0. The molecule has 2 aliphatic rings. The minimum atomic E-state index is -1.56. The quantitative estimate of drug-likeness (QED) is 0.272. The summed E-state index contributed by atoms with van der Waals surface area (Å²) in [5.41, 5.74) is 0.288. The van der Waals surface area contributed by atoms with Gasteiger partial charge in [-0.2, -0.15) is 0 Å². The smallest absolute Gasteiger partial charge is 0.449 e. The number of benzene rings is 1. The third-order valence-electron chi connectivity index (χ3n) is 6.77. The molecular weight excluding hydrogens is 456 g/mol. The van der Waals surface area contributed by atoms with E-state index in [9.17, 15) is 24.8 Å². The van der Waals surface area contributed by atoms with Crippen LogP contribution in [0.2, 0.25) is 0 Å². The Morgan fingerprint density at radius 3 is 2.43 bits per heavy atom. The van der Waals surface area contributed by atoms with Crippen molar-refractivity contribution in [2.45, 2.75) is 71.8 Å². The van der Waals surface area contributed by atoms with E-state index in [-0.39, 0.29) is 23.1 Å². The number of hydrogen-bond acceptors (Lipinski definition) is 8. The normalized spacial score (nSPS) is 24.6. The standard InChI is InChI=1S/C25H32N2O8/c1-14(2)25(11-7-8-15(3)13-25)35-24(30)34-22-17(5)26-16(4)21(33-23(28)29)20(22)18-9-6-10-19(12-18)27(31)32/h6,9-10,12,14-15,20,26H,7-8,11,13H2,1-5H3,(H,28,29). The van der Waals surface area contributed by atoms with Crippen molar-refractivity contribution in [3.05, 3.63) is 62.9 Å². The highest BCUT2D eigenvalue weighted by Crippen LogP contribution is 2.43. The largest absolute Gasteiger partial charge is 0.514 e. The van der Waals surface area contributed by atoms with Gasteiger partial charge in [0.15, 0.2) is 0 Å². The van der Waals surface area contributed by atoms with Crippen LogP contribution in [0.3, 0.4) is 0 Å². The Morgan fingerprint density at radius 1 is 1.20 bits per heavy atom.